The minimum Gasteiger partial charge on any atom is -0.352 e. The molecule has 7 heteroatoms. The number of thiophene rings is 1. The molecule has 1 amide bonds. The fourth-order valence-corrected chi connectivity index (χ4v) is 4.44. The minimum absolute atomic E-state index is 0.0911. The van der Waals surface area contributed by atoms with E-state index in [1.54, 1.807) is 34.2 Å². The number of pyridine rings is 1. The van der Waals surface area contributed by atoms with Crippen molar-refractivity contribution in [3.8, 4) is 0 Å². The van der Waals surface area contributed by atoms with E-state index in [0.29, 0.717) is 29.8 Å². The van der Waals surface area contributed by atoms with Crippen molar-refractivity contribution in [3.63, 3.8) is 0 Å². The van der Waals surface area contributed by atoms with Gasteiger partial charge in [0, 0.05) is 29.4 Å². The van der Waals surface area contributed by atoms with Crippen molar-refractivity contribution in [3.05, 3.63) is 105 Å². The second kappa shape index (κ2) is 8.20. The zero-order chi connectivity index (χ0) is 21.2. The predicted octanol–water partition coefficient (Wildman–Crippen LogP) is 3.73. The zero-order valence-electron chi connectivity index (χ0n) is 16.7. The van der Waals surface area contributed by atoms with Gasteiger partial charge in [0.15, 0.2) is 5.65 Å². The summed E-state index contributed by atoms with van der Waals surface area (Å²) < 4.78 is 3.55. The second-order valence-corrected chi connectivity index (χ2v) is 8.32. The molecule has 0 spiro atoms. The summed E-state index contributed by atoms with van der Waals surface area (Å²) in [5, 5.41) is 4.99. The Morgan fingerprint density at radius 1 is 1.00 bits per heavy atom. The first-order valence-corrected chi connectivity index (χ1v) is 10.9. The number of nitrogens with one attached hydrogen (secondary N) is 1. The lowest BCUT2D eigenvalue weighted by Crippen LogP contribution is -2.25. The molecule has 5 aromatic rings. The molecule has 0 aliphatic rings. The molecule has 0 atom stereocenters. The van der Waals surface area contributed by atoms with Crippen molar-refractivity contribution in [1.29, 1.82) is 0 Å². The van der Waals surface area contributed by atoms with Gasteiger partial charge in [-0.25, -0.2) is 4.98 Å². The molecule has 0 saturated heterocycles. The summed E-state index contributed by atoms with van der Waals surface area (Å²) >= 11 is 1.69. The quantitative estimate of drug-likeness (QED) is 0.448. The van der Waals surface area contributed by atoms with Gasteiger partial charge in [-0.05, 0) is 59.8 Å². The first-order chi connectivity index (χ1) is 15.2. The van der Waals surface area contributed by atoms with Gasteiger partial charge in [0.25, 0.3) is 11.5 Å². The maximum Gasteiger partial charge on any atom is 0.276 e. The molecular weight excluding hydrogens is 408 g/mol. The van der Waals surface area contributed by atoms with Gasteiger partial charge in [-0.15, -0.1) is 11.3 Å². The Morgan fingerprint density at radius 2 is 1.84 bits per heavy atom. The van der Waals surface area contributed by atoms with Gasteiger partial charge in [-0.1, -0.05) is 18.2 Å². The summed E-state index contributed by atoms with van der Waals surface area (Å²) in [6, 6.07) is 18.9. The Morgan fingerprint density at radius 3 is 2.65 bits per heavy atom. The van der Waals surface area contributed by atoms with Crippen LogP contribution >= 0.6 is 11.3 Å². The highest BCUT2D eigenvalue weighted by molar-refractivity contribution is 7.09. The van der Waals surface area contributed by atoms with Crippen LogP contribution in [0.2, 0.25) is 0 Å². The van der Waals surface area contributed by atoms with Crippen molar-refractivity contribution < 1.29 is 4.79 Å². The molecule has 0 aliphatic heterocycles. The van der Waals surface area contributed by atoms with Gasteiger partial charge in [0.1, 0.15) is 5.52 Å². The number of hydrogen-bond acceptors (Lipinski definition) is 4. The van der Waals surface area contributed by atoms with Gasteiger partial charge in [-0.3, -0.25) is 14.2 Å². The fourth-order valence-electron chi connectivity index (χ4n) is 3.73. The Bertz CT molecular complexity index is 1420. The van der Waals surface area contributed by atoms with E-state index in [-0.39, 0.29) is 11.5 Å². The van der Waals surface area contributed by atoms with Crippen LogP contribution in [0.1, 0.15) is 20.8 Å². The van der Waals surface area contributed by atoms with Crippen LogP contribution in [0.4, 0.5) is 0 Å². The molecule has 1 aromatic carbocycles. The zero-order valence-corrected chi connectivity index (χ0v) is 17.5. The summed E-state index contributed by atoms with van der Waals surface area (Å²) in [7, 11) is 0. The van der Waals surface area contributed by atoms with Gasteiger partial charge < -0.3 is 9.72 Å². The topological polar surface area (TPSA) is 68.4 Å². The lowest BCUT2D eigenvalue weighted by molar-refractivity contribution is 0.0954. The van der Waals surface area contributed by atoms with E-state index in [0.717, 1.165) is 17.5 Å². The van der Waals surface area contributed by atoms with Gasteiger partial charge >= 0.3 is 0 Å². The number of benzene rings is 1. The maximum atomic E-state index is 13.0. The molecule has 6 nitrogen and oxygen atoms in total. The average Bonchev–Trinajstić information content (AvgIpc) is 3.49. The highest BCUT2D eigenvalue weighted by Gasteiger charge is 2.12. The number of carbonyl (C=O) groups is 1. The van der Waals surface area contributed by atoms with Crippen LogP contribution in [0.15, 0.2) is 83.2 Å². The molecule has 4 heterocycles. The monoisotopic (exact) mass is 428 g/mol. The molecule has 0 aliphatic carbocycles. The van der Waals surface area contributed by atoms with E-state index in [4.69, 9.17) is 0 Å². The predicted molar refractivity (Wildman–Crippen MR) is 123 cm³/mol. The number of nitrogens with zero attached hydrogens (tertiary/aromatic N) is 3. The van der Waals surface area contributed by atoms with Gasteiger partial charge in [0.2, 0.25) is 0 Å². The van der Waals surface area contributed by atoms with Crippen LogP contribution in [0.5, 0.6) is 0 Å². The molecule has 1 N–H and O–H groups in total. The lowest BCUT2D eigenvalue weighted by Gasteiger charge is -2.12. The Labute approximate surface area is 182 Å². The van der Waals surface area contributed by atoms with Crippen LogP contribution in [0.25, 0.3) is 16.7 Å². The van der Waals surface area contributed by atoms with Gasteiger partial charge in [-0.2, -0.15) is 0 Å². The molecule has 0 saturated carbocycles. The van der Waals surface area contributed by atoms with E-state index < -0.39 is 0 Å². The van der Waals surface area contributed by atoms with Crippen molar-refractivity contribution in [2.75, 3.05) is 6.54 Å². The molecule has 0 bridgehead atoms. The van der Waals surface area contributed by atoms with E-state index in [2.05, 4.69) is 16.4 Å². The standard InChI is InChI=1S/C24H20N4O2S/c29-23(26-13-11-19-4-3-15-31-19)18-9-7-17(8-10-18)16-28-22-20(5-1-12-25-22)27-14-2-6-21(27)24(28)30/h1-10,12,14-15H,11,13,16H2,(H,26,29). The Balaban J connectivity index is 1.36. The van der Waals surface area contributed by atoms with Gasteiger partial charge in [0.05, 0.1) is 12.1 Å². The SMILES string of the molecule is O=C(NCCc1cccs1)c1ccc(Cn2c(=O)c3cccn3c3cccnc32)cc1. The van der Waals surface area contributed by atoms with E-state index in [1.807, 2.05) is 58.4 Å². The molecular formula is C24H20N4O2S. The Hall–Kier alpha value is -3.71. The third kappa shape index (κ3) is 3.75. The number of fused-ring (bicyclic) bond motifs is 3. The molecule has 154 valence electrons. The van der Waals surface area contributed by atoms with E-state index in [9.17, 15) is 9.59 Å². The first kappa shape index (κ1) is 19.3. The highest BCUT2D eigenvalue weighted by atomic mass is 32.1. The maximum absolute atomic E-state index is 13.0. The van der Waals surface area contributed by atoms with E-state index in [1.165, 1.54) is 4.88 Å². The number of carbonyl (C=O) groups excluding carboxylic acids is 1. The van der Waals surface area contributed by atoms with Crippen LogP contribution in [0.3, 0.4) is 0 Å². The van der Waals surface area contributed by atoms with Crippen LogP contribution in [-0.2, 0) is 13.0 Å². The normalized spacial score (nSPS) is 11.2. The third-order valence-electron chi connectivity index (χ3n) is 5.29. The third-order valence-corrected chi connectivity index (χ3v) is 6.22. The smallest absolute Gasteiger partial charge is 0.276 e. The number of aromatic nitrogens is 3. The summed E-state index contributed by atoms with van der Waals surface area (Å²) in [6.45, 7) is 0.986. The summed E-state index contributed by atoms with van der Waals surface area (Å²) in [4.78, 5) is 31.1. The summed E-state index contributed by atoms with van der Waals surface area (Å²) in [5.41, 5.74) is 3.57. The second-order valence-electron chi connectivity index (χ2n) is 7.28. The van der Waals surface area contributed by atoms with E-state index >= 15 is 0 Å². The van der Waals surface area contributed by atoms with Crippen molar-refractivity contribution >= 4 is 33.9 Å². The number of amides is 1. The molecule has 31 heavy (non-hydrogen) atoms. The number of rotatable bonds is 6. The van der Waals surface area contributed by atoms with Crippen molar-refractivity contribution in [2.24, 2.45) is 0 Å². The fraction of sp³-hybridized carbons (Fsp3) is 0.125. The van der Waals surface area contributed by atoms with Crippen molar-refractivity contribution in [2.45, 2.75) is 13.0 Å². The highest BCUT2D eigenvalue weighted by Crippen LogP contribution is 2.15. The largest absolute Gasteiger partial charge is 0.352 e. The number of hydrogen-bond donors (Lipinski definition) is 1. The summed E-state index contributed by atoms with van der Waals surface area (Å²) in [6.07, 6.45) is 4.39. The van der Waals surface area contributed by atoms with Crippen LogP contribution in [-0.4, -0.2) is 26.4 Å². The molecule has 0 fully saturated rings. The lowest BCUT2D eigenvalue weighted by atomic mass is 10.1. The van der Waals surface area contributed by atoms with Crippen molar-refractivity contribution in [1.82, 2.24) is 19.3 Å². The average molecular weight is 429 g/mol. The Kier molecular flexibility index (Phi) is 5.09. The first-order valence-electron chi connectivity index (χ1n) is 10.0. The molecule has 4 aromatic heterocycles. The molecule has 5 rings (SSSR count). The van der Waals surface area contributed by atoms with Crippen LogP contribution in [0, 0.1) is 0 Å². The summed E-state index contributed by atoms with van der Waals surface area (Å²) in [5.74, 6) is -0.0954. The minimum atomic E-state index is -0.0954. The molecule has 0 unspecified atom stereocenters. The van der Waals surface area contributed by atoms with Crippen LogP contribution < -0.4 is 10.9 Å². The molecule has 0 radical (unpaired) electrons.